The molecule has 2 rings (SSSR count). The van der Waals surface area contributed by atoms with Gasteiger partial charge in [-0.1, -0.05) is 18.2 Å². The van der Waals surface area contributed by atoms with Crippen molar-refractivity contribution >= 4 is 52.5 Å². The maximum absolute atomic E-state index is 11.8. The maximum atomic E-state index is 11.8. The van der Waals surface area contributed by atoms with Gasteiger partial charge >= 0.3 is 12.1 Å². The molecule has 0 unspecified atom stereocenters. The molecular formula is C16H20N2NaO4. The van der Waals surface area contributed by atoms with Gasteiger partial charge in [0.15, 0.2) is 0 Å². The molecule has 0 saturated heterocycles. The molecule has 1 radical (unpaired) electrons. The number of carboxylic acid groups (broad SMARTS) is 1. The van der Waals surface area contributed by atoms with Gasteiger partial charge in [0.1, 0.15) is 11.6 Å². The van der Waals surface area contributed by atoms with Crippen molar-refractivity contribution in [2.75, 3.05) is 0 Å². The van der Waals surface area contributed by atoms with Crippen molar-refractivity contribution in [2.24, 2.45) is 0 Å². The molecule has 0 saturated carbocycles. The number of fused-ring (bicyclic) bond motifs is 1. The first-order chi connectivity index (χ1) is 10.3. The zero-order valence-electron chi connectivity index (χ0n) is 13.8. The number of carbonyl (C=O) groups excluding carboxylic acids is 1. The summed E-state index contributed by atoms with van der Waals surface area (Å²) >= 11 is 0. The van der Waals surface area contributed by atoms with Crippen LogP contribution >= 0.6 is 0 Å². The van der Waals surface area contributed by atoms with E-state index in [-0.39, 0.29) is 36.0 Å². The fourth-order valence-corrected chi connectivity index (χ4v) is 2.17. The minimum atomic E-state index is -1.10. The number of amides is 1. The number of hydrogen-bond acceptors (Lipinski definition) is 3. The number of aromatic amines is 1. The molecule has 23 heavy (non-hydrogen) atoms. The summed E-state index contributed by atoms with van der Waals surface area (Å²) in [6, 6.07) is 6.56. The van der Waals surface area contributed by atoms with Crippen molar-refractivity contribution in [3.05, 3.63) is 36.0 Å². The zero-order chi connectivity index (χ0) is 16.3. The monoisotopic (exact) mass is 327 g/mol. The number of rotatable bonds is 4. The first-order valence-corrected chi connectivity index (χ1v) is 7.03. The van der Waals surface area contributed by atoms with Gasteiger partial charge in [-0.05, 0) is 32.4 Å². The third-order valence-electron chi connectivity index (χ3n) is 3.09. The zero-order valence-corrected chi connectivity index (χ0v) is 15.8. The Balaban J connectivity index is 0.00000264. The van der Waals surface area contributed by atoms with Gasteiger partial charge in [-0.2, -0.15) is 0 Å². The summed E-state index contributed by atoms with van der Waals surface area (Å²) in [6.45, 7) is 5.17. The average molecular weight is 327 g/mol. The van der Waals surface area contributed by atoms with Gasteiger partial charge in [-0.25, -0.2) is 9.59 Å². The van der Waals surface area contributed by atoms with E-state index in [0.29, 0.717) is 0 Å². The Kier molecular flexibility index (Phi) is 6.68. The van der Waals surface area contributed by atoms with E-state index in [1.165, 1.54) is 0 Å². The number of carbonyl (C=O) groups is 2. The number of aromatic nitrogens is 1. The molecule has 1 heterocycles. The smallest absolute Gasteiger partial charge is 0.408 e. The van der Waals surface area contributed by atoms with Gasteiger partial charge in [0, 0.05) is 53.1 Å². The van der Waals surface area contributed by atoms with Gasteiger partial charge in [0.2, 0.25) is 0 Å². The molecule has 1 aromatic carbocycles. The van der Waals surface area contributed by atoms with E-state index in [2.05, 4.69) is 10.3 Å². The summed E-state index contributed by atoms with van der Waals surface area (Å²) in [7, 11) is 0. The Morgan fingerprint density at radius 3 is 2.57 bits per heavy atom. The molecule has 6 nitrogen and oxygen atoms in total. The van der Waals surface area contributed by atoms with Crippen molar-refractivity contribution in [2.45, 2.75) is 38.8 Å². The van der Waals surface area contributed by atoms with E-state index in [1.807, 2.05) is 24.3 Å². The van der Waals surface area contributed by atoms with Crippen LogP contribution in [0.1, 0.15) is 26.3 Å². The number of para-hydroxylation sites is 1. The number of alkyl carbamates (subject to hydrolysis) is 1. The Bertz CT molecular complexity index is 691. The van der Waals surface area contributed by atoms with Crippen molar-refractivity contribution in [1.82, 2.24) is 10.3 Å². The van der Waals surface area contributed by atoms with E-state index in [9.17, 15) is 14.7 Å². The minimum Gasteiger partial charge on any atom is -0.480 e. The van der Waals surface area contributed by atoms with Crippen LogP contribution < -0.4 is 5.32 Å². The second-order valence-corrected chi connectivity index (χ2v) is 6.10. The molecule has 3 N–H and O–H groups in total. The molecule has 0 bridgehead atoms. The molecule has 0 aliphatic rings. The van der Waals surface area contributed by atoms with Crippen molar-refractivity contribution in [3.63, 3.8) is 0 Å². The molecule has 7 heteroatoms. The predicted octanol–water partition coefficient (Wildman–Crippen LogP) is 2.31. The number of hydrogen-bond donors (Lipinski definition) is 3. The van der Waals surface area contributed by atoms with E-state index >= 15 is 0 Å². The molecule has 1 atom stereocenters. The standard InChI is InChI=1S/C16H20N2O4.Na/c1-16(2,3)22-15(21)18-13(14(19)20)8-10-9-17-12-7-5-4-6-11(10)12;/h4-7,9,13,17H,8H2,1-3H3,(H,18,21)(H,19,20);/t13-;/m0./s1. The number of ether oxygens (including phenoxy) is 1. The summed E-state index contributed by atoms with van der Waals surface area (Å²) in [5.74, 6) is -1.10. The van der Waals surface area contributed by atoms with Gasteiger partial charge in [0.25, 0.3) is 0 Å². The Hall–Kier alpha value is -1.50. The van der Waals surface area contributed by atoms with Crippen LogP contribution in [0, 0.1) is 0 Å². The molecule has 0 aliphatic heterocycles. The van der Waals surface area contributed by atoms with E-state index in [4.69, 9.17) is 4.74 Å². The quantitative estimate of drug-likeness (QED) is 0.752. The average Bonchev–Trinajstić information content (AvgIpc) is 2.79. The van der Waals surface area contributed by atoms with Crippen LogP contribution in [-0.4, -0.2) is 63.4 Å². The maximum Gasteiger partial charge on any atom is 0.408 e. The van der Waals surface area contributed by atoms with Crippen molar-refractivity contribution in [1.29, 1.82) is 0 Å². The van der Waals surface area contributed by atoms with Gasteiger partial charge in [-0.3, -0.25) is 0 Å². The molecule has 119 valence electrons. The molecule has 1 aromatic heterocycles. The summed E-state index contributed by atoms with van der Waals surface area (Å²) < 4.78 is 5.10. The van der Waals surface area contributed by atoms with Crippen molar-refractivity contribution < 1.29 is 19.4 Å². The van der Waals surface area contributed by atoms with E-state index < -0.39 is 23.7 Å². The van der Waals surface area contributed by atoms with Crippen LogP contribution in [-0.2, 0) is 16.0 Å². The van der Waals surface area contributed by atoms with Crippen LogP contribution in [0.5, 0.6) is 0 Å². The van der Waals surface area contributed by atoms with Crippen LogP contribution in [0.3, 0.4) is 0 Å². The first-order valence-electron chi connectivity index (χ1n) is 7.03. The predicted molar refractivity (Wildman–Crippen MR) is 88.6 cm³/mol. The molecule has 2 aromatic rings. The van der Waals surface area contributed by atoms with Crippen LogP contribution in [0.25, 0.3) is 10.9 Å². The molecule has 0 fully saturated rings. The summed E-state index contributed by atoms with van der Waals surface area (Å²) in [4.78, 5) is 26.2. The fraction of sp³-hybridized carbons (Fsp3) is 0.375. The van der Waals surface area contributed by atoms with E-state index in [1.54, 1.807) is 27.0 Å². The fourth-order valence-electron chi connectivity index (χ4n) is 2.17. The number of H-pyrrole nitrogens is 1. The summed E-state index contributed by atoms with van der Waals surface area (Å²) in [5, 5.41) is 12.7. The molecule has 1 amide bonds. The second kappa shape index (κ2) is 7.86. The molecular weight excluding hydrogens is 307 g/mol. The SMILES string of the molecule is CC(C)(C)OC(=O)N[C@@H](Cc1c[nH]c2ccccc12)C(=O)O.[Na]. The number of aliphatic carboxylic acids is 1. The van der Waals surface area contributed by atoms with E-state index in [0.717, 1.165) is 16.5 Å². The topological polar surface area (TPSA) is 91.4 Å². The van der Waals surface area contributed by atoms with Crippen molar-refractivity contribution in [3.8, 4) is 0 Å². The van der Waals surface area contributed by atoms with Gasteiger partial charge < -0.3 is 20.1 Å². The third-order valence-corrected chi connectivity index (χ3v) is 3.09. The normalized spacial score (nSPS) is 12.3. The Morgan fingerprint density at radius 1 is 1.30 bits per heavy atom. The third kappa shape index (κ3) is 5.57. The summed E-state index contributed by atoms with van der Waals surface area (Å²) in [6.07, 6.45) is 1.20. The molecule has 0 spiro atoms. The molecule has 0 aliphatic carbocycles. The number of nitrogens with one attached hydrogen (secondary N) is 2. The Morgan fingerprint density at radius 2 is 1.96 bits per heavy atom. The minimum absolute atomic E-state index is 0. The Labute approximate surface area is 156 Å². The summed E-state index contributed by atoms with van der Waals surface area (Å²) in [5.41, 5.74) is 1.09. The van der Waals surface area contributed by atoms with Crippen LogP contribution in [0.2, 0.25) is 0 Å². The first kappa shape index (κ1) is 19.5. The second-order valence-electron chi connectivity index (χ2n) is 6.10. The number of benzene rings is 1. The van der Waals surface area contributed by atoms with Crippen LogP contribution in [0.4, 0.5) is 4.79 Å². The largest absolute Gasteiger partial charge is 0.480 e. The van der Waals surface area contributed by atoms with Gasteiger partial charge in [-0.15, -0.1) is 0 Å². The van der Waals surface area contributed by atoms with Crippen LogP contribution in [0.15, 0.2) is 30.5 Å². The number of carboxylic acids is 1. The van der Waals surface area contributed by atoms with Gasteiger partial charge in [0.05, 0.1) is 0 Å².